The van der Waals surface area contributed by atoms with Gasteiger partial charge in [0, 0.05) is 10.9 Å². The van der Waals surface area contributed by atoms with Gasteiger partial charge in [-0.2, -0.15) is 0 Å². The molecule has 0 aliphatic rings. The van der Waals surface area contributed by atoms with Crippen LogP contribution >= 0.6 is 0 Å². The molecule has 0 saturated heterocycles. The molecule has 122 valence electrons. The molecule has 0 spiro atoms. The van der Waals surface area contributed by atoms with E-state index in [-0.39, 0.29) is 0 Å². The SMILES string of the molecule is C=C(c1ccccc1CCCN)c1ccc2ccccc2c1OC. The standard InChI is InChI=1S/C22H23NO/c1-16(19-11-5-3-8-17(19)10-7-15-23)20-14-13-18-9-4-6-12-21(18)22(20)24-2/h3-6,8-9,11-14H,1,7,10,15,23H2,2H3. The smallest absolute Gasteiger partial charge is 0.134 e. The normalized spacial score (nSPS) is 10.8. The van der Waals surface area contributed by atoms with Gasteiger partial charge >= 0.3 is 0 Å². The molecule has 0 aromatic heterocycles. The monoisotopic (exact) mass is 317 g/mol. The second-order valence-corrected chi connectivity index (χ2v) is 5.90. The van der Waals surface area contributed by atoms with Crippen LogP contribution in [0.2, 0.25) is 0 Å². The molecule has 3 rings (SSSR count). The minimum absolute atomic E-state index is 0.695. The highest BCUT2D eigenvalue weighted by Gasteiger charge is 2.14. The fraction of sp³-hybridized carbons (Fsp3) is 0.182. The van der Waals surface area contributed by atoms with E-state index < -0.39 is 0 Å². The van der Waals surface area contributed by atoms with E-state index in [1.807, 2.05) is 12.1 Å². The molecular formula is C22H23NO. The van der Waals surface area contributed by atoms with Gasteiger partial charge in [0.05, 0.1) is 7.11 Å². The fourth-order valence-electron chi connectivity index (χ4n) is 3.17. The highest BCUT2D eigenvalue weighted by atomic mass is 16.5. The summed E-state index contributed by atoms with van der Waals surface area (Å²) >= 11 is 0. The number of methoxy groups -OCH3 is 1. The third kappa shape index (κ3) is 3.06. The Morgan fingerprint density at radius 3 is 2.50 bits per heavy atom. The van der Waals surface area contributed by atoms with Crippen molar-refractivity contribution in [3.63, 3.8) is 0 Å². The van der Waals surface area contributed by atoms with Crippen molar-refractivity contribution in [1.29, 1.82) is 0 Å². The Kier molecular flexibility index (Phi) is 4.97. The Morgan fingerprint density at radius 1 is 0.958 bits per heavy atom. The van der Waals surface area contributed by atoms with E-state index in [2.05, 4.69) is 55.1 Å². The lowest BCUT2D eigenvalue weighted by molar-refractivity contribution is 0.418. The van der Waals surface area contributed by atoms with Crippen LogP contribution in [0.5, 0.6) is 5.75 Å². The van der Waals surface area contributed by atoms with Crippen molar-refractivity contribution >= 4 is 16.3 Å². The maximum atomic E-state index is 5.74. The zero-order valence-electron chi connectivity index (χ0n) is 14.1. The maximum absolute atomic E-state index is 5.74. The van der Waals surface area contributed by atoms with Crippen LogP contribution < -0.4 is 10.5 Å². The summed E-state index contributed by atoms with van der Waals surface area (Å²) < 4.78 is 5.74. The van der Waals surface area contributed by atoms with Crippen LogP contribution in [0.3, 0.4) is 0 Å². The number of hydrogen-bond acceptors (Lipinski definition) is 2. The van der Waals surface area contributed by atoms with Crippen LogP contribution in [0.15, 0.2) is 67.2 Å². The molecule has 2 nitrogen and oxygen atoms in total. The van der Waals surface area contributed by atoms with Crippen molar-refractivity contribution in [2.75, 3.05) is 13.7 Å². The van der Waals surface area contributed by atoms with Crippen molar-refractivity contribution in [1.82, 2.24) is 0 Å². The highest BCUT2D eigenvalue weighted by molar-refractivity contribution is 5.96. The minimum Gasteiger partial charge on any atom is -0.495 e. The van der Waals surface area contributed by atoms with E-state index in [9.17, 15) is 0 Å². The average molecular weight is 317 g/mol. The average Bonchev–Trinajstić information content (AvgIpc) is 2.65. The van der Waals surface area contributed by atoms with Gasteiger partial charge in [0.25, 0.3) is 0 Å². The van der Waals surface area contributed by atoms with Gasteiger partial charge in [0.1, 0.15) is 5.75 Å². The summed E-state index contributed by atoms with van der Waals surface area (Å²) in [6, 6.07) is 20.9. The minimum atomic E-state index is 0.695. The number of fused-ring (bicyclic) bond motifs is 1. The van der Waals surface area contributed by atoms with Crippen LogP contribution in [-0.4, -0.2) is 13.7 Å². The largest absolute Gasteiger partial charge is 0.495 e. The Labute approximate surface area is 143 Å². The Balaban J connectivity index is 2.09. The molecule has 0 radical (unpaired) electrons. The van der Waals surface area contributed by atoms with Crippen molar-refractivity contribution in [2.24, 2.45) is 5.73 Å². The van der Waals surface area contributed by atoms with E-state index >= 15 is 0 Å². The fourth-order valence-corrected chi connectivity index (χ4v) is 3.17. The van der Waals surface area contributed by atoms with E-state index in [1.165, 1.54) is 16.5 Å². The Hall–Kier alpha value is -2.58. The topological polar surface area (TPSA) is 35.2 Å². The molecule has 0 amide bonds. The van der Waals surface area contributed by atoms with Crippen molar-refractivity contribution < 1.29 is 4.74 Å². The van der Waals surface area contributed by atoms with E-state index in [4.69, 9.17) is 10.5 Å². The van der Waals surface area contributed by atoms with Gasteiger partial charge in [-0.05, 0) is 41.5 Å². The molecule has 2 heteroatoms. The van der Waals surface area contributed by atoms with Crippen LogP contribution in [0, 0.1) is 0 Å². The first-order chi connectivity index (χ1) is 11.8. The number of benzene rings is 3. The van der Waals surface area contributed by atoms with Crippen molar-refractivity contribution in [3.8, 4) is 5.75 Å². The summed E-state index contributed by atoms with van der Waals surface area (Å²) in [5.41, 5.74) is 10.2. The molecule has 0 fully saturated rings. The second-order valence-electron chi connectivity index (χ2n) is 5.90. The van der Waals surface area contributed by atoms with Gasteiger partial charge in [-0.3, -0.25) is 0 Å². The molecule has 3 aromatic carbocycles. The molecule has 0 heterocycles. The van der Waals surface area contributed by atoms with E-state index in [0.29, 0.717) is 6.54 Å². The number of rotatable bonds is 6. The summed E-state index contributed by atoms with van der Waals surface area (Å²) in [5, 5.41) is 2.28. The second kappa shape index (κ2) is 7.33. The Bertz CT molecular complexity index is 867. The quantitative estimate of drug-likeness (QED) is 0.708. The molecule has 0 aliphatic carbocycles. The van der Waals surface area contributed by atoms with Gasteiger partial charge in [0.15, 0.2) is 0 Å². The first-order valence-corrected chi connectivity index (χ1v) is 8.29. The summed E-state index contributed by atoms with van der Waals surface area (Å²) in [6.45, 7) is 5.06. The molecule has 0 saturated carbocycles. The zero-order valence-corrected chi connectivity index (χ0v) is 14.1. The molecule has 3 aromatic rings. The lowest BCUT2D eigenvalue weighted by atomic mass is 9.91. The predicted molar refractivity (Wildman–Crippen MR) is 102 cm³/mol. The van der Waals surface area contributed by atoms with Crippen molar-refractivity contribution in [3.05, 3.63) is 83.9 Å². The first kappa shape index (κ1) is 16.3. The third-order valence-corrected chi connectivity index (χ3v) is 4.40. The number of nitrogens with two attached hydrogens (primary N) is 1. The van der Waals surface area contributed by atoms with Crippen LogP contribution in [0.25, 0.3) is 16.3 Å². The third-order valence-electron chi connectivity index (χ3n) is 4.40. The summed E-state index contributed by atoms with van der Waals surface area (Å²) in [4.78, 5) is 0. The van der Waals surface area contributed by atoms with Crippen LogP contribution in [0.1, 0.15) is 23.1 Å². The number of ether oxygens (including phenoxy) is 1. The summed E-state index contributed by atoms with van der Waals surface area (Å²) in [6.07, 6.45) is 1.93. The van der Waals surface area contributed by atoms with Gasteiger partial charge in [-0.15, -0.1) is 0 Å². The first-order valence-electron chi connectivity index (χ1n) is 8.29. The molecule has 0 unspecified atom stereocenters. The number of hydrogen-bond donors (Lipinski definition) is 1. The maximum Gasteiger partial charge on any atom is 0.134 e. The molecule has 24 heavy (non-hydrogen) atoms. The van der Waals surface area contributed by atoms with Gasteiger partial charge in [-0.1, -0.05) is 67.2 Å². The van der Waals surface area contributed by atoms with Gasteiger partial charge in [0.2, 0.25) is 0 Å². The predicted octanol–water partition coefficient (Wildman–Crippen LogP) is 4.80. The molecule has 0 atom stereocenters. The van der Waals surface area contributed by atoms with Crippen LogP contribution in [-0.2, 0) is 6.42 Å². The van der Waals surface area contributed by atoms with E-state index in [0.717, 1.165) is 35.1 Å². The van der Waals surface area contributed by atoms with Crippen molar-refractivity contribution in [2.45, 2.75) is 12.8 Å². The lowest BCUT2D eigenvalue weighted by Gasteiger charge is -2.16. The van der Waals surface area contributed by atoms with Crippen LogP contribution in [0.4, 0.5) is 0 Å². The molecule has 2 N–H and O–H groups in total. The lowest BCUT2D eigenvalue weighted by Crippen LogP contribution is -2.03. The van der Waals surface area contributed by atoms with Gasteiger partial charge in [-0.25, -0.2) is 0 Å². The Morgan fingerprint density at radius 2 is 1.71 bits per heavy atom. The van der Waals surface area contributed by atoms with Gasteiger partial charge < -0.3 is 10.5 Å². The van der Waals surface area contributed by atoms with E-state index in [1.54, 1.807) is 7.11 Å². The zero-order chi connectivity index (χ0) is 16.9. The number of aryl methyl sites for hydroxylation is 1. The summed E-state index contributed by atoms with van der Waals surface area (Å²) in [5.74, 6) is 0.881. The molecule has 0 bridgehead atoms. The molecular weight excluding hydrogens is 294 g/mol. The molecule has 0 aliphatic heterocycles. The summed E-state index contributed by atoms with van der Waals surface area (Å²) in [7, 11) is 1.72. The highest BCUT2D eigenvalue weighted by Crippen LogP contribution is 2.37.